The van der Waals surface area contributed by atoms with Crippen LogP contribution in [-0.2, 0) is 9.68 Å². The molecule has 142 valence electrons. The van der Waals surface area contributed by atoms with Gasteiger partial charge in [0.1, 0.15) is 0 Å². The number of hydrogen-bond donors (Lipinski definition) is 0. The summed E-state index contributed by atoms with van der Waals surface area (Å²) >= 11 is 0. The van der Waals surface area contributed by atoms with E-state index in [9.17, 15) is 9.59 Å². The summed E-state index contributed by atoms with van der Waals surface area (Å²) in [5.74, 6) is 0.208. The summed E-state index contributed by atoms with van der Waals surface area (Å²) in [5, 5.41) is 0. The van der Waals surface area contributed by atoms with E-state index in [2.05, 4.69) is 4.98 Å². The van der Waals surface area contributed by atoms with Gasteiger partial charge >= 0.3 is 5.97 Å². The molecule has 0 spiro atoms. The van der Waals surface area contributed by atoms with Crippen molar-refractivity contribution in [1.29, 1.82) is 0 Å². The first-order valence-corrected chi connectivity index (χ1v) is 9.12. The van der Waals surface area contributed by atoms with Crippen molar-refractivity contribution in [3.8, 4) is 5.75 Å². The molecule has 1 aromatic carbocycles. The lowest BCUT2D eigenvalue weighted by Crippen LogP contribution is -2.45. The summed E-state index contributed by atoms with van der Waals surface area (Å²) in [6.45, 7) is 4.97. The number of benzene rings is 1. The van der Waals surface area contributed by atoms with Gasteiger partial charge in [-0.3, -0.25) is 14.7 Å². The van der Waals surface area contributed by atoms with Crippen LogP contribution in [0.2, 0.25) is 0 Å². The molecule has 0 aliphatic carbocycles. The Labute approximate surface area is 159 Å². The molecule has 1 amide bonds. The minimum Gasteiger partial charge on any atom is -0.339 e. The van der Waals surface area contributed by atoms with Crippen LogP contribution in [0, 0.1) is 11.3 Å². The molecule has 3 rings (SSSR count). The Kier molecular flexibility index (Phi) is 5.74. The van der Waals surface area contributed by atoms with Gasteiger partial charge in [-0.15, -0.1) is 0 Å². The van der Waals surface area contributed by atoms with E-state index >= 15 is 0 Å². The second-order valence-electron chi connectivity index (χ2n) is 7.29. The van der Waals surface area contributed by atoms with Crippen LogP contribution in [0.5, 0.6) is 5.75 Å². The number of aromatic nitrogens is 1. The Bertz CT molecular complexity index is 769. The summed E-state index contributed by atoms with van der Waals surface area (Å²) in [5.41, 5.74) is -0.0565. The molecule has 1 aliphatic rings. The molecule has 0 N–H and O–H groups in total. The van der Waals surface area contributed by atoms with Crippen LogP contribution in [-0.4, -0.2) is 34.8 Å². The number of amides is 1. The molecule has 0 bridgehead atoms. The lowest BCUT2D eigenvalue weighted by atomic mass is 9.73. The van der Waals surface area contributed by atoms with Crippen molar-refractivity contribution in [3.63, 3.8) is 0 Å². The number of carbonyl (C=O) groups excluding carboxylic acids is 2. The van der Waals surface area contributed by atoms with Crippen molar-refractivity contribution in [1.82, 2.24) is 9.88 Å². The average molecular weight is 368 g/mol. The molecule has 0 radical (unpaired) electrons. The molecular formula is C21H24N2O4. The number of nitrogens with zero attached hydrogens (tertiary/aromatic N) is 2. The van der Waals surface area contributed by atoms with E-state index in [0.29, 0.717) is 24.4 Å². The maximum Gasteiger partial charge on any atom is 0.361 e. The highest BCUT2D eigenvalue weighted by Crippen LogP contribution is 2.36. The van der Waals surface area contributed by atoms with E-state index in [-0.39, 0.29) is 11.8 Å². The molecule has 0 atom stereocenters. The van der Waals surface area contributed by atoms with Gasteiger partial charge in [-0.1, -0.05) is 18.2 Å². The highest BCUT2D eigenvalue weighted by Gasteiger charge is 2.41. The van der Waals surface area contributed by atoms with E-state index in [0.717, 1.165) is 12.8 Å². The van der Waals surface area contributed by atoms with Gasteiger partial charge in [-0.05, 0) is 56.9 Å². The Morgan fingerprint density at radius 2 is 1.67 bits per heavy atom. The third-order valence-electron chi connectivity index (χ3n) is 5.21. The van der Waals surface area contributed by atoms with E-state index in [1.54, 1.807) is 36.7 Å². The topological polar surface area (TPSA) is 68.7 Å². The fourth-order valence-corrected chi connectivity index (χ4v) is 3.32. The molecule has 0 unspecified atom stereocenters. The van der Waals surface area contributed by atoms with Crippen LogP contribution in [0.15, 0.2) is 54.9 Å². The summed E-state index contributed by atoms with van der Waals surface area (Å²) in [6.07, 6.45) is 4.71. The fourth-order valence-electron chi connectivity index (χ4n) is 3.32. The molecule has 1 saturated heterocycles. The van der Waals surface area contributed by atoms with Crippen molar-refractivity contribution in [2.24, 2.45) is 11.3 Å². The first-order chi connectivity index (χ1) is 13.0. The Morgan fingerprint density at radius 3 is 2.30 bits per heavy atom. The average Bonchev–Trinajstić information content (AvgIpc) is 2.73. The van der Waals surface area contributed by atoms with Crippen molar-refractivity contribution >= 4 is 11.9 Å². The van der Waals surface area contributed by atoms with Gasteiger partial charge < -0.3 is 4.90 Å². The predicted octanol–water partition coefficient (Wildman–Crippen LogP) is 3.50. The Morgan fingerprint density at radius 1 is 1.04 bits per heavy atom. The van der Waals surface area contributed by atoms with E-state index in [4.69, 9.17) is 9.78 Å². The maximum absolute atomic E-state index is 12.5. The van der Waals surface area contributed by atoms with Gasteiger partial charge in [-0.25, -0.2) is 9.68 Å². The Hall–Kier alpha value is -2.89. The molecule has 0 saturated carbocycles. The second-order valence-corrected chi connectivity index (χ2v) is 7.29. The first-order valence-electron chi connectivity index (χ1n) is 9.12. The summed E-state index contributed by atoms with van der Waals surface area (Å²) in [4.78, 5) is 41.0. The van der Waals surface area contributed by atoms with Crippen LogP contribution in [0.3, 0.4) is 0 Å². The van der Waals surface area contributed by atoms with E-state index < -0.39 is 11.4 Å². The van der Waals surface area contributed by atoms with E-state index in [1.807, 2.05) is 36.9 Å². The van der Waals surface area contributed by atoms with Gasteiger partial charge in [0, 0.05) is 31.0 Å². The molecule has 2 aromatic rings. The van der Waals surface area contributed by atoms with Crippen molar-refractivity contribution < 1.29 is 19.4 Å². The largest absolute Gasteiger partial charge is 0.361 e. The van der Waals surface area contributed by atoms with Gasteiger partial charge in [0.05, 0.1) is 5.41 Å². The molecule has 27 heavy (non-hydrogen) atoms. The standard InChI is InChI=1S/C21H24N2O4/c1-21(2,20(25)27-26-18-6-4-3-5-7-18)17-10-14-23(15-11-17)19(24)16-8-12-22-13-9-16/h3-9,12-13,17H,10-11,14-15H2,1-2H3. The zero-order valence-corrected chi connectivity index (χ0v) is 15.6. The molecule has 2 heterocycles. The highest BCUT2D eigenvalue weighted by atomic mass is 17.2. The van der Waals surface area contributed by atoms with Crippen molar-refractivity contribution in [2.75, 3.05) is 13.1 Å². The minimum absolute atomic E-state index is 0.00337. The first kappa shape index (κ1) is 18.9. The van der Waals surface area contributed by atoms with Gasteiger partial charge in [0.25, 0.3) is 5.91 Å². The number of para-hydroxylation sites is 1. The van der Waals surface area contributed by atoms with Gasteiger partial charge in [0.15, 0.2) is 5.75 Å². The lowest BCUT2D eigenvalue weighted by molar-refractivity contribution is -0.227. The number of rotatable bonds is 5. The quantitative estimate of drug-likeness (QED) is 0.597. The zero-order valence-electron chi connectivity index (χ0n) is 15.6. The predicted molar refractivity (Wildman–Crippen MR) is 99.8 cm³/mol. The fraction of sp³-hybridized carbons (Fsp3) is 0.381. The summed E-state index contributed by atoms with van der Waals surface area (Å²) in [7, 11) is 0. The number of hydrogen-bond acceptors (Lipinski definition) is 5. The molecular weight excluding hydrogens is 344 g/mol. The molecule has 6 heteroatoms. The van der Waals surface area contributed by atoms with Crippen LogP contribution >= 0.6 is 0 Å². The maximum atomic E-state index is 12.5. The molecule has 6 nitrogen and oxygen atoms in total. The monoisotopic (exact) mass is 368 g/mol. The highest BCUT2D eigenvalue weighted by molar-refractivity contribution is 5.94. The number of likely N-dealkylation sites (tertiary alicyclic amines) is 1. The summed E-state index contributed by atoms with van der Waals surface area (Å²) < 4.78 is 0. The van der Waals surface area contributed by atoms with Gasteiger partial charge in [-0.2, -0.15) is 0 Å². The third kappa shape index (κ3) is 4.45. The van der Waals surface area contributed by atoms with E-state index in [1.165, 1.54) is 0 Å². The van der Waals surface area contributed by atoms with Gasteiger partial charge in [0.2, 0.25) is 0 Å². The summed E-state index contributed by atoms with van der Waals surface area (Å²) in [6, 6.07) is 12.4. The van der Waals surface area contributed by atoms with Crippen molar-refractivity contribution in [3.05, 3.63) is 60.4 Å². The van der Waals surface area contributed by atoms with Crippen LogP contribution in [0.1, 0.15) is 37.0 Å². The van der Waals surface area contributed by atoms with Crippen molar-refractivity contribution in [2.45, 2.75) is 26.7 Å². The zero-order chi connectivity index (χ0) is 19.3. The third-order valence-corrected chi connectivity index (χ3v) is 5.21. The molecule has 1 aromatic heterocycles. The lowest BCUT2D eigenvalue weighted by Gasteiger charge is -2.38. The molecule has 1 fully saturated rings. The van der Waals surface area contributed by atoms with Crippen LogP contribution in [0.25, 0.3) is 0 Å². The van der Waals surface area contributed by atoms with Crippen LogP contribution < -0.4 is 4.89 Å². The minimum atomic E-state index is -0.694. The number of carbonyl (C=O) groups is 2. The smallest absolute Gasteiger partial charge is 0.339 e. The SMILES string of the molecule is CC(C)(C(=O)OOc1ccccc1)C1CCN(C(=O)c2ccncc2)CC1. The Balaban J connectivity index is 1.54. The normalized spacial score (nSPS) is 15.3. The second kappa shape index (κ2) is 8.20. The number of pyridine rings is 1. The molecule has 1 aliphatic heterocycles. The number of piperidine rings is 1. The van der Waals surface area contributed by atoms with Crippen LogP contribution in [0.4, 0.5) is 0 Å².